The molecule has 0 atom stereocenters. The molecule has 3 rings (SSSR count). The maximum Gasteiger partial charge on any atom is 0.261 e. The van der Waals surface area contributed by atoms with Gasteiger partial charge in [-0.25, -0.2) is 4.98 Å². The van der Waals surface area contributed by atoms with Crippen molar-refractivity contribution in [2.45, 2.75) is 6.92 Å². The van der Waals surface area contributed by atoms with E-state index in [1.165, 1.54) is 6.08 Å². The van der Waals surface area contributed by atoms with E-state index in [0.717, 1.165) is 10.9 Å². The molecule has 0 aliphatic rings. The van der Waals surface area contributed by atoms with Gasteiger partial charge in [-0.15, -0.1) is 0 Å². The van der Waals surface area contributed by atoms with E-state index >= 15 is 0 Å². The van der Waals surface area contributed by atoms with Crippen molar-refractivity contribution < 1.29 is 4.79 Å². The number of carbonyl (C=O) groups excluding carboxylic acids is 1. The molecule has 4 nitrogen and oxygen atoms in total. The molecule has 22 heavy (non-hydrogen) atoms. The fourth-order valence-electron chi connectivity index (χ4n) is 2.40. The van der Waals surface area contributed by atoms with Gasteiger partial charge in [0.1, 0.15) is 5.65 Å². The van der Waals surface area contributed by atoms with E-state index in [0.29, 0.717) is 11.2 Å². The number of hydrogen-bond donors (Lipinski definition) is 1. The molecule has 2 aromatic heterocycles. The highest BCUT2D eigenvalue weighted by Gasteiger charge is 2.14. The molecule has 1 N–H and O–H groups in total. The second-order valence-electron chi connectivity index (χ2n) is 4.96. The Balaban J connectivity index is 2.05. The van der Waals surface area contributed by atoms with Crippen molar-refractivity contribution in [3.8, 4) is 0 Å². The molecule has 1 aromatic carbocycles. The first-order chi connectivity index (χ1) is 10.7. The Hall–Kier alpha value is -3.01. The normalized spacial score (nSPS) is 11.1. The number of nitrogens with one attached hydrogen (secondary N) is 1. The molecule has 0 aliphatic heterocycles. The van der Waals surface area contributed by atoms with Crippen molar-refractivity contribution in [3.63, 3.8) is 0 Å². The molecule has 108 valence electrons. The first kappa shape index (κ1) is 13.9. The zero-order valence-corrected chi connectivity index (χ0v) is 12.0. The molecular weight excluding hydrogens is 276 g/mol. The van der Waals surface area contributed by atoms with Crippen LogP contribution in [0.25, 0.3) is 17.1 Å². The van der Waals surface area contributed by atoms with Crippen molar-refractivity contribution in [2.75, 3.05) is 0 Å². The molecular formula is C18H14N2O2. The van der Waals surface area contributed by atoms with Gasteiger partial charge >= 0.3 is 0 Å². The third-order valence-corrected chi connectivity index (χ3v) is 3.52. The summed E-state index contributed by atoms with van der Waals surface area (Å²) in [5.41, 5.74) is 1.80. The van der Waals surface area contributed by atoms with Crippen LogP contribution in [0.3, 0.4) is 0 Å². The quantitative estimate of drug-likeness (QED) is 0.595. The van der Waals surface area contributed by atoms with Crippen LogP contribution in [0.4, 0.5) is 0 Å². The monoisotopic (exact) mass is 290 g/mol. The Morgan fingerprint density at radius 2 is 1.91 bits per heavy atom. The van der Waals surface area contributed by atoms with Gasteiger partial charge in [0.2, 0.25) is 0 Å². The Morgan fingerprint density at radius 3 is 2.68 bits per heavy atom. The van der Waals surface area contributed by atoms with Gasteiger partial charge in [-0.05, 0) is 36.3 Å². The zero-order chi connectivity index (χ0) is 15.5. The summed E-state index contributed by atoms with van der Waals surface area (Å²) < 4.78 is 0. The third-order valence-electron chi connectivity index (χ3n) is 3.52. The maximum atomic E-state index is 12.4. The fraction of sp³-hybridized carbons (Fsp3) is 0.0556. The lowest BCUT2D eigenvalue weighted by Crippen LogP contribution is -2.19. The summed E-state index contributed by atoms with van der Waals surface area (Å²) in [6, 6.07) is 13.1. The molecule has 0 spiro atoms. The summed E-state index contributed by atoms with van der Waals surface area (Å²) in [5, 5.41) is 0.776. The van der Waals surface area contributed by atoms with Crippen LogP contribution in [0.2, 0.25) is 0 Å². The first-order valence-electron chi connectivity index (χ1n) is 6.92. The van der Waals surface area contributed by atoms with Crippen LogP contribution in [-0.2, 0) is 0 Å². The van der Waals surface area contributed by atoms with Gasteiger partial charge in [-0.3, -0.25) is 9.59 Å². The summed E-state index contributed by atoms with van der Waals surface area (Å²) in [7, 11) is 0. The lowest BCUT2D eigenvalue weighted by Gasteiger charge is -2.05. The SMILES string of the molecule is Cc1c(C(=O)/C=C/c2ccccc2)c(=O)[nH]c2ncccc12. The van der Waals surface area contributed by atoms with Crippen LogP contribution in [-0.4, -0.2) is 15.8 Å². The van der Waals surface area contributed by atoms with Crippen LogP contribution >= 0.6 is 0 Å². The predicted molar refractivity (Wildman–Crippen MR) is 86.9 cm³/mol. The minimum absolute atomic E-state index is 0.160. The topological polar surface area (TPSA) is 62.8 Å². The second kappa shape index (κ2) is 5.77. The van der Waals surface area contributed by atoms with Gasteiger partial charge in [0.05, 0.1) is 5.56 Å². The Kier molecular flexibility index (Phi) is 3.66. The van der Waals surface area contributed by atoms with E-state index < -0.39 is 5.56 Å². The van der Waals surface area contributed by atoms with Crippen molar-refractivity contribution >= 4 is 22.9 Å². The number of ketones is 1. The molecule has 2 heterocycles. The van der Waals surface area contributed by atoms with E-state index in [4.69, 9.17) is 0 Å². The number of aromatic nitrogens is 2. The largest absolute Gasteiger partial charge is 0.306 e. The smallest absolute Gasteiger partial charge is 0.261 e. The number of nitrogens with zero attached hydrogens (tertiary/aromatic N) is 1. The Morgan fingerprint density at radius 1 is 1.14 bits per heavy atom. The molecule has 0 unspecified atom stereocenters. The first-order valence-corrected chi connectivity index (χ1v) is 6.92. The molecule has 0 saturated heterocycles. The summed E-state index contributed by atoms with van der Waals surface area (Å²) >= 11 is 0. The number of hydrogen-bond acceptors (Lipinski definition) is 3. The van der Waals surface area contributed by atoms with Crippen molar-refractivity contribution in [1.82, 2.24) is 9.97 Å². The van der Waals surface area contributed by atoms with Gasteiger partial charge in [0.15, 0.2) is 5.78 Å². The van der Waals surface area contributed by atoms with E-state index in [-0.39, 0.29) is 11.3 Å². The van der Waals surface area contributed by atoms with Crippen LogP contribution in [0.15, 0.2) is 59.5 Å². The lowest BCUT2D eigenvalue weighted by atomic mass is 10.0. The molecule has 0 amide bonds. The summed E-state index contributed by atoms with van der Waals surface area (Å²) in [6.07, 6.45) is 4.73. The molecule has 0 saturated carbocycles. The molecule has 0 bridgehead atoms. The van der Waals surface area contributed by atoms with E-state index in [2.05, 4.69) is 9.97 Å². The van der Waals surface area contributed by atoms with Crippen molar-refractivity contribution in [2.24, 2.45) is 0 Å². The third kappa shape index (κ3) is 2.59. The minimum Gasteiger partial charge on any atom is -0.306 e. The molecule has 0 aliphatic carbocycles. The minimum atomic E-state index is -0.411. The predicted octanol–water partition coefficient (Wildman–Crippen LogP) is 3.13. The molecule has 0 radical (unpaired) electrons. The maximum absolute atomic E-state index is 12.4. The van der Waals surface area contributed by atoms with E-state index in [1.54, 1.807) is 25.3 Å². The van der Waals surface area contributed by atoms with Gasteiger partial charge in [-0.2, -0.15) is 0 Å². The number of carbonyl (C=O) groups is 1. The standard InChI is InChI=1S/C18H14N2O2/c1-12-14-8-5-11-19-17(14)20-18(22)16(12)15(21)10-9-13-6-3-2-4-7-13/h2-11H,1H3,(H,19,20,22)/b10-9+. The zero-order valence-electron chi connectivity index (χ0n) is 12.0. The van der Waals surface area contributed by atoms with Crippen LogP contribution < -0.4 is 5.56 Å². The highest BCUT2D eigenvalue weighted by molar-refractivity contribution is 6.09. The molecule has 4 heteroatoms. The molecule has 0 fully saturated rings. The van der Waals surface area contributed by atoms with Gasteiger partial charge < -0.3 is 4.98 Å². The number of aryl methyl sites for hydroxylation is 1. The average Bonchev–Trinajstić information content (AvgIpc) is 2.54. The second-order valence-corrected chi connectivity index (χ2v) is 4.96. The Labute approximate surface area is 127 Å². The number of pyridine rings is 2. The lowest BCUT2D eigenvalue weighted by molar-refractivity contribution is 0.104. The number of aromatic amines is 1. The Bertz CT molecular complexity index is 925. The van der Waals surface area contributed by atoms with Crippen molar-refractivity contribution in [3.05, 3.63) is 81.8 Å². The van der Waals surface area contributed by atoms with E-state index in [1.807, 2.05) is 36.4 Å². The van der Waals surface area contributed by atoms with Crippen LogP contribution in [0, 0.1) is 6.92 Å². The van der Waals surface area contributed by atoms with Gasteiger partial charge in [0.25, 0.3) is 5.56 Å². The summed E-state index contributed by atoms with van der Waals surface area (Å²) in [6.45, 7) is 1.77. The number of rotatable bonds is 3. The van der Waals surface area contributed by atoms with Gasteiger partial charge in [-0.1, -0.05) is 36.4 Å². The van der Waals surface area contributed by atoms with Gasteiger partial charge in [0, 0.05) is 11.6 Å². The number of benzene rings is 1. The van der Waals surface area contributed by atoms with Crippen molar-refractivity contribution in [1.29, 1.82) is 0 Å². The van der Waals surface area contributed by atoms with E-state index in [9.17, 15) is 9.59 Å². The van der Waals surface area contributed by atoms with Crippen LogP contribution in [0.1, 0.15) is 21.5 Å². The number of fused-ring (bicyclic) bond motifs is 1. The fourth-order valence-corrected chi connectivity index (χ4v) is 2.40. The molecule has 3 aromatic rings. The summed E-state index contributed by atoms with van der Waals surface area (Å²) in [5.74, 6) is -0.312. The van der Waals surface area contributed by atoms with Crippen LogP contribution in [0.5, 0.6) is 0 Å². The average molecular weight is 290 g/mol. The number of allylic oxidation sites excluding steroid dienone is 1. The highest BCUT2D eigenvalue weighted by Crippen LogP contribution is 2.16. The summed E-state index contributed by atoms with van der Waals surface area (Å²) in [4.78, 5) is 31.3. The highest BCUT2D eigenvalue weighted by atomic mass is 16.1. The number of H-pyrrole nitrogens is 1.